The van der Waals surface area contributed by atoms with Gasteiger partial charge < -0.3 is 32.9 Å². The van der Waals surface area contributed by atoms with Gasteiger partial charge in [0.05, 0.1) is 0 Å². The maximum Gasteiger partial charge on any atom is 2.00 e. The van der Waals surface area contributed by atoms with Crippen molar-refractivity contribution in [3.8, 4) is 0 Å². The van der Waals surface area contributed by atoms with Crippen LogP contribution in [0.2, 0.25) is 0 Å². The summed E-state index contributed by atoms with van der Waals surface area (Å²) in [6, 6.07) is 0. The third kappa shape index (κ3) is 291. The summed E-state index contributed by atoms with van der Waals surface area (Å²) in [6.45, 7) is 0. The number of hydrogen-bond donors (Lipinski definition) is 0. The maximum absolute atomic E-state index is 0. The molecule has 9 heteroatoms. The molecule has 0 bridgehead atoms. The van der Waals surface area contributed by atoms with Crippen LogP contribution in [0.3, 0.4) is 0 Å². The molecule has 0 heterocycles. The Morgan fingerprint density at radius 3 is 0.444 bits per heavy atom. The second-order valence-corrected chi connectivity index (χ2v) is 0. The monoisotopic (exact) mass is 272 g/mol. The van der Waals surface area contributed by atoms with Gasteiger partial charge in [-0.25, -0.2) is 0 Å². The van der Waals surface area contributed by atoms with Crippen LogP contribution in [-0.4, -0.2) is 32.9 Å². The fourth-order valence-electron chi connectivity index (χ4n) is 0. The molecule has 0 spiro atoms. The van der Waals surface area contributed by atoms with E-state index in [9.17, 15) is 0 Å². The molecular weight excluding hydrogens is 266 g/mol. The van der Waals surface area contributed by atoms with Gasteiger partial charge in [-0.1, -0.05) is 0 Å². The Balaban J connectivity index is 0. The Morgan fingerprint density at radius 2 is 0.444 bits per heavy atom. The van der Waals surface area contributed by atoms with E-state index in [2.05, 4.69) is 0 Å². The predicted molar refractivity (Wildman–Crippen MR) is 11.6 cm³/mol. The zero-order valence-corrected chi connectivity index (χ0v) is 7.07. The van der Waals surface area contributed by atoms with E-state index in [-0.39, 0.29) is 83.8 Å². The topological polar surface area (TPSA) is 180 Å². The first-order valence-corrected chi connectivity index (χ1v) is 0. The number of hydrogen-bond acceptors (Lipinski definition) is 6. The molecule has 6 N–H and O–H groups in total. The van der Waals surface area contributed by atoms with E-state index in [1.54, 1.807) is 0 Å². The Hall–Kier alpha value is 1.31. The van der Waals surface area contributed by atoms with Gasteiger partial charge in [0, 0.05) is 0 Å². The van der Waals surface area contributed by atoms with Crippen molar-refractivity contribution >= 4 is 0 Å². The van der Waals surface area contributed by atoms with Gasteiger partial charge in [-0.05, 0) is 0 Å². The SMILES string of the molecule is [Co+2].[Fe+2].[Mn+2].[OH-].[OH-].[OH-].[OH-].[OH-].[OH-]. The van der Waals surface area contributed by atoms with Crippen LogP contribution in [0, 0.1) is 0 Å². The van der Waals surface area contributed by atoms with E-state index in [1.807, 2.05) is 0 Å². The normalized spacial score (nSPS) is 0. The van der Waals surface area contributed by atoms with Gasteiger partial charge in [-0.15, -0.1) is 0 Å². The Kier molecular flexibility index (Phi) is 21900. The first-order valence-electron chi connectivity index (χ1n) is 0. The van der Waals surface area contributed by atoms with E-state index in [4.69, 9.17) is 0 Å². The van der Waals surface area contributed by atoms with Crippen molar-refractivity contribution in [2.75, 3.05) is 0 Å². The molecule has 0 fully saturated rings. The third-order valence-electron chi connectivity index (χ3n) is 0. The Bertz CT molecular complexity index is 13.0. The third-order valence-corrected chi connectivity index (χ3v) is 0. The Labute approximate surface area is 83.8 Å². The van der Waals surface area contributed by atoms with Gasteiger partial charge >= 0.3 is 50.9 Å². The summed E-state index contributed by atoms with van der Waals surface area (Å²) in [6.07, 6.45) is 0. The molecule has 0 saturated heterocycles. The van der Waals surface area contributed by atoms with Crippen LogP contribution in [0.1, 0.15) is 0 Å². The van der Waals surface area contributed by atoms with Crippen LogP contribution in [0.5, 0.6) is 0 Å². The summed E-state index contributed by atoms with van der Waals surface area (Å²) >= 11 is 0. The minimum absolute atomic E-state index is 0. The molecule has 0 atom stereocenters. The average molecular weight is 272 g/mol. The molecule has 0 aliphatic heterocycles. The summed E-state index contributed by atoms with van der Waals surface area (Å²) in [7, 11) is 0. The van der Waals surface area contributed by atoms with Crippen LogP contribution in [0.15, 0.2) is 0 Å². The van der Waals surface area contributed by atoms with Crippen LogP contribution in [0.4, 0.5) is 0 Å². The first-order chi connectivity index (χ1) is 0. The zero-order valence-electron chi connectivity index (χ0n) is 3.75. The second kappa shape index (κ2) is 377. The van der Waals surface area contributed by atoms with Crippen molar-refractivity contribution < 1.29 is 83.8 Å². The van der Waals surface area contributed by atoms with Gasteiger partial charge in [0.25, 0.3) is 0 Å². The fraction of sp³-hybridized carbons (Fsp3) is 0. The summed E-state index contributed by atoms with van der Waals surface area (Å²) in [5.74, 6) is 0. The molecule has 0 aromatic rings. The van der Waals surface area contributed by atoms with E-state index in [0.29, 0.717) is 0 Å². The molecule has 6 nitrogen and oxygen atoms in total. The molecule has 0 aliphatic carbocycles. The van der Waals surface area contributed by atoms with E-state index in [0.717, 1.165) is 0 Å². The van der Waals surface area contributed by atoms with Crippen molar-refractivity contribution in [1.82, 2.24) is 0 Å². The van der Waals surface area contributed by atoms with E-state index in [1.165, 1.54) is 0 Å². The van der Waals surface area contributed by atoms with Crippen molar-refractivity contribution in [1.29, 1.82) is 0 Å². The van der Waals surface area contributed by atoms with Crippen LogP contribution in [0.25, 0.3) is 0 Å². The standard InChI is InChI=1S/Co.Fe.Mn.6H2O/h;;;6*1H2/q3*+2;;;;;;/p-6. The molecule has 0 unspecified atom stereocenters. The smallest absolute Gasteiger partial charge is 0.870 e. The van der Waals surface area contributed by atoms with Crippen LogP contribution >= 0.6 is 0 Å². The molecule has 0 amide bonds. The fourth-order valence-corrected chi connectivity index (χ4v) is 0. The summed E-state index contributed by atoms with van der Waals surface area (Å²) in [4.78, 5) is 0. The summed E-state index contributed by atoms with van der Waals surface area (Å²) in [5, 5.41) is 0. The van der Waals surface area contributed by atoms with Gasteiger partial charge in [-0.2, -0.15) is 0 Å². The summed E-state index contributed by atoms with van der Waals surface area (Å²) < 4.78 is 0. The molecule has 9 heavy (non-hydrogen) atoms. The van der Waals surface area contributed by atoms with Gasteiger partial charge in [0.2, 0.25) is 0 Å². The molecule has 0 saturated carbocycles. The second-order valence-electron chi connectivity index (χ2n) is 0. The van der Waals surface area contributed by atoms with Gasteiger partial charge in [0.15, 0.2) is 0 Å². The van der Waals surface area contributed by atoms with E-state index < -0.39 is 0 Å². The van der Waals surface area contributed by atoms with Crippen LogP contribution in [-0.2, 0) is 50.9 Å². The Morgan fingerprint density at radius 1 is 0.444 bits per heavy atom. The largest absolute Gasteiger partial charge is 2.00 e. The quantitative estimate of drug-likeness (QED) is 0.505. The summed E-state index contributed by atoms with van der Waals surface area (Å²) in [5.41, 5.74) is 0. The predicted octanol–water partition coefficient (Wildman–Crippen LogP) is -1.07. The zero-order chi connectivity index (χ0) is 0. The van der Waals surface area contributed by atoms with Crippen molar-refractivity contribution in [2.45, 2.75) is 0 Å². The number of rotatable bonds is 0. The van der Waals surface area contributed by atoms with Crippen molar-refractivity contribution in [2.24, 2.45) is 0 Å². The van der Waals surface area contributed by atoms with Crippen molar-refractivity contribution in [3.63, 3.8) is 0 Å². The van der Waals surface area contributed by atoms with Crippen LogP contribution < -0.4 is 0 Å². The molecule has 0 aromatic carbocycles. The van der Waals surface area contributed by atoms with Gasteiger partial charge in [0.1, 0.15) is 0 Å². The molecule has 0 aliphatic rings. The molecule has 0 aromatic heterocycles. The minimum Gasteiger partial charge on any atom is -0.870 e. The minimum atomic E-state index is 0. The first kappa shape index (κ1) is 524. The maximum atomic E-state index is 0. The molecule has 0 rings (SSSR count). The van der Waals surface area contributed by atoms with Crippen molar-refractivity contribution in [3.05, 3.63) is 0 Å². The van der Waals surface area contributed by atoms with Gasteiger partial charge in [-0.3, -0.25) is 0 Å². The molecule has 66 valence electrons. The molecular formula is H6CoFeMnO6. The average Bonchev–Trinajstić information content (AvgIpc) is 0. The molecule has 2 radical (unpaired) electrons. The van der Waals surface area contributed by atoms with E-state index >= 15 is 0 Å².